The fourth-order valence-electron chi connectivity index (χ4n) is 2.41. The van der Waals surface area contributed by atoms with Crippen molar-refractivity contribution in [2.24, 2.45) is 5.92 Å². The lowest BCUT2D eigenvalue weighted by atomic mass is 10.2. The quantitative estimate of drug-likeness (QED) is 0.322. The summed E-state index contributed by atoms with van der Waals surface area (Å²) in [5.74, 6) is 1.14. The highest BCUT2D eigenvalue weighted by atomic mass is 79.9. The largest absolute Gasteiger partial charge is 0.492 e. The number of hydrogen-bond acceptors (Lipinski definition) is 4. The zero-order valence-corrected chi connectivity index (χ0v) is 19.5. The molecule has 1 aliphatic heterocycles. The molecule has 2 aromatic carbocycles. The normalized spacial score (nSPS) is 15.9. The molecule has 0 spiro atoms. The second kappa shape index (κ2) is 8.90. The molecule has 7 heteroatoms. The Morgan fingerprint density at radius 3 is 2.52 bits per heavy atom. The highest BCUT2D eigenvalue weighted by Crippen LogP contribution is 2.37. The van der Waals surface area contributed by atoms with Gasteiger partial charge in [-0.1, -0.05) is 59.8 Å². The van der Waals surface area contributed by atoms with E-state index in [0.29, 0.717) is 21.8 Å². The van der Waals surface area contributed by atoms with E-state index in [-0.39, 0.29) is 5.91 Å². The molecule has 0 radical (unpaired) electrons. The van der Waals surface area contributed by atoms with E-state index in [4.69, 9.17) is 17.0 Å². The molecule has 0 bridgehead atoms. The average molecular weight is 527 g/mol. The number of benzene rings is 2. The lowest BCUT2D eigenvalue weighted by Crippen LogP contribution is -2.27. The number of carbonyl (C=O) groups excluding carboxylic acids is 1. The average Bonchev–Trinajstić information content (AvgIpc) is 2.88. The molecule has 3 rings (SSSR count). The summed E-state index contributed by atoms with van der Waals surface area (Å²) in [6.45, 7) is 4.87. The van der Waals surface area contributed by atoms with Crippen molar-refractivity contribution in [2.45, 2.75) is 13.8 Å². The number of amides is 1. The molecule has 0 atom stereocenters. The third kappa shape index (κ3) is 5.02. The van der Waals surface area contributed by atoms with Crippen LogP contribution >= 0.6 is 55.8 Å². The van der Waals surface area contributed by atoms with Crippen LogP contribution in [-0.2, 0) is 4.79 Å². The summed E-state index contributed by atoms with van der Waals surface area (Å²) in [6.07, 6.45) is 1.86. The molecule has 140 valence electrons. The monoisotopic (exact) mass is 525 g/mol. The van der Waals surface area contributed by atoms with Crippen LogP contribution in [0.15, 0.2) is 56.3 Å². The number of carbonyl (C=O) groups is 1. The number of rotatable bonds is 5. The molecule has 0 saturated carbocycles. The Morgan fingerprint density at radius 1 is 1.19 bits per heavy atom. The molecule has 1 fully saturated rings. The van der Waals surface area contributed by atoms with Gasteiger partial charge >= 0.3 is 0 Å². The van der Waals surface area contributed by atoms with Crippen LogP contribution in [0.5, 0.6) is 5.75 Å². The van der Waals surface area contributed by atoms with Crippen LogP contribution < -0.4 is 9.64 Å². The maximum atomic E-state index is 12.8. The first-order valence-corrected chi connectivity index (χ1v) is 11.1. The molecule has 0 aliphatic carbocycles. The Hall–Kier alpha value is -1.15. The summed E-state index contributed by atoms with van der Waals surface area (Å²) in [5.41, 5.74) is 1.68. The van der Waals surface area contributed by atoms with Crippen LogP contribution in [0.1, 0.15) is 19.4 Å². The first-order valence-electron chi connectivity index (χ1n) is 8.31. The van der Waals surface area contributed by atoms with E-state index in [1.807, 2.05) is 48.5 Å². The van der Waals surface area contributed by atoms with Crippen LogP contribution in [0.4, 0.5) is 5.69 Å². The maximum Gasteiger partial charge on any atom is 0.270 e. The van der Waals surface area contributed by atoms with E-state index in [2.05, 4.69) is 45.7 Å². The molecular weight excluding hydrogens is 510 g/mol. The first kappa shape index (κ1) is 20.6. The number of ether oxygens (including phenoxy) is 1. The molecule has 1 saturated heterocycles. The second-order valence-corrected chi connectivity index (χ2v) is 9.83. The van der Waals surface area contributed by atoms with Gasteiger partial charge in [0.15, 0.2) is 4.32 Å². The second-order valence-electron chi connectivity index (χ2n) is 6.39. The van der Waals surface area contributed by atoms with Gasteiger partial charge in [-0.25, -0.2) is 0 Å². The van der Waals surface area contributed by atoms with Gasteiger partial charge < -0.3 is 4.74 Å². The van der Waals surface area contributed by atoms with Crippen molar-refractivity contribution in [2.75, 3.05) is 11.5 Å². The third-order valence-electron chi connectivity index (χ3n) is 3.70. The first-order chi connectivity index (χ1) is 12.8. The van der Waals surface area contributed by atoms with Gasteiger partial charge in [-0.05, 0) is 69.9 Å². The van der Waals surface area contributed by atoms with Gasteiger partial charge in [-0.15, -0.1) is 0 Å². The zero-order valence-electron chi connectivity index (χ0n) is 14.7. The summed E-state index contributed by atoms with van der Waals surface area (Å²) in [4.78, 5) is 15.0. The lowest BCUT2D eigenvalue weighted by molar-refractivity contribution is -0.113. The van der Waals surface area contributed by atoms with Crippen molar-refractivity contribution in [3.05, 3.63) is 61.9 Å². The number of thioether (sulfide) groups is 1. The molecule has 0 aromatic heterocycles. The lowest BCUT2D eigenvalue weighted by Gasteiger charge is -2.14. The fourth-order valence-corrected chi connectivity index (χ4v) is 4.49. The van der Waals surface area contributed by atoms with Crippen LogP contribution in [-0.4, -0.2) is 16.8 Å². The molecule has 3 nitrogen and oxygen atoms in total. The molecule has 1 heterocycles. The molecule has 0 unspecified atom stereocenters. The number of anilines is 1. The summed E-state index contributed by atoms with van der Waals surface area (Å²) in [6, 6.07) is 13.3. The number of thiocarbonyl (C=S) groups is 1. The van der Waals surface area contributed by atoms with Crippen molar-refractivity contribution >= 4 is 77.8 Å². The van der Waals surface area contributed by atoms with Crippen molar-refractivity contribution in [1.82, 2.24) is 0 Å². The van der Waals surface area contributed by atoms with Crippen molar-refractivity contribution in [1.29, 1.82) is 0 Å². The third-order valence-corrected chi connectivity index (χ3v) is 6.15. The fraction of sp³-hybridized carbons (Fsp3) is 0.200. The van der Waals surface area contributed by atoms with Gasteiger partial charge in [0.05, 0.1) is 21.7 Å². The van der Waals surface area contributed by atoms with Crippen LogP contribution in [0, 0.1) is 5.92 Å². The van der Waals surface area contributed by atoms with E-state index in [1.54, 1.807) is 4.90 Å². The van der Waals surface area contributed by atoms with Crippen LogP contribution in [0.25, 0.3) is 6.08 Å². The number of halogens is 2. The SMILES string of the molecule is CC(C)COc1ccc(/C=C2/SC(=S)N(c3ccc(Br)cc3)C2=O)cc1Br. The maximum absolute atomic E-state index is 12.8. The summed E-state index contributed by atoms with van der Waals surface area (Å²) in [5, 5.41) is 0. The smallest absolute Gasteiger partial charge is 0.270 e. The van der Waals surface area contributed by atoms with Crippen molar-refractivity contribution in [3.63, 3.8) is 0 Å². The van der Waals surface area contributed by atoms with Gasteiger partial charge in [0.1, 0.15) is 5.75 Å². The Balaban J connectivity index is 1.81. The van der Waals surface area contributed by atoms with Gasteiger partial charge in [0.25, 0.3) is 5.91 Å². The van der Waals surface area contributed by atoms with Gasteiger partial charge in [0, 0.05) is 4.47 Å². The van der Waals surface area contributed by atoms with E-state index >= 15 is 0 Å². The van der Waals surface area contributed by atoms with Crippen LogP contribution in [0.2, 0.25) is 0 Å². The Labute approximate surface area is 185 Å². The molecule has 2 aromatic rings. The van der Waals surface area contributed by atoms with Crippen molar-refractivity contribution < 1.29 is 9.53 Å². The summed E-state index contributed by atoms with van der Waals surface area (Å²) in [7, 11) is 0. The van der Waals surface area contributed by atoms with Crippen molar-refractivity contribution in [3.8, 4) is 5.75 Å². The Kier molecular flexibility index (Phi) is 6.78. The predicted octanol–water partition coefficient (Wildman–Crippen LogP) is 6.65. The highest BCUT2D eigenvalue weighted by Gasteiger charge is 2.33. The predicted molar refractivity (Wildman–Crippen MR) is 124 cm³/mol. The molecular formula is C20H17Br2NO2S2. The zero-order chi connectivity index (χ0) is 19.6. The summed E-state index contributed by atoms with van der Waals surface area (Å²) < 4.78 is 8.12. The number of hydrogen-bond donors (Lipinski definition) is 0. The minimum atomic E-state index is -0.108. The van der Waals surface area contributed by atoms with Gasteiger partial charge in [-0.2, -0.15) is 0 Å². The molecule has 27 heavy (non-hydrogen) atoms. The van der Waals surface area contributed by atoms with Gasteiger partial charge in [-0.3, -0.25) is 9.69 Å². The van der Waals surface area contributed by atoms with E-state index in [9.17, 15) is 4.79 Å². The minimum Gasteiger partial charge on any atom is -0.492 e. The minimum absolute atomic E-state index is 0.108. The Bertz CT molecular complexity index is 911. The summed E-state index contributed by atoms with van der Waals surface area (Å²) >= 11 is 13.7. The molecule has 1 aliphatic rings. The number of nitrogens with zero attached hydrogens (tertiary/aromatic N) is 1. The van der Waals surface area contributed by atoms with E-state index in [1.165, 1.54) is 11.8 Å². The molecule has 0 N–H and O–H groups in total. The van der Waals surface area contributed by atoms with Crippen LogP contribution in [0.3, 0.4) is 0 Å². The van der Waals surface area contributed by atoms with E-state index < -0.39 is 0 Å². The Morgan fingerprint density at radius 2 is 1.89 bits per heavy atom. The highest BCUT2D eigenvalue weighted by molar-refractivity contribution is 9.10. The topological polar surface area (TPSA) is 29.5 Å². The van der Waals surface area contributed by atoms with Gasteiger partial charge in [0.2, 0.25) is 0 Å². The van der Waals surface area contributed by atoms with E-state index in [0.717, 1.165) is 25.9 Å². The molecule has 1 amide bonds. The standard InChI is InChI=1S/C20H17Br2NO2S2/c1-12(2)11-25-17-8-3-13(9-16(17)22)10-18-19(24)23(20(26)27-18)15-6-4-14(21)5-7-15/h3-10,12H,11H2,1-2H3/b18-10+.